The van der Waals surface area contributed by atoms with Crippen LogP contribution >= 0.6 is 0 Å². The van der Waals surface area contributed by atoms with Crippen molar-refractivity contribution >= 4 is 16.8 Å². The lowest BCUT2D eigenvalue weighted by molar-refractivity contribution is 0.0938. The average molecular weight is 286 g/mol. The number of rotatable bonds is 5. The van der Waals surface area contributed by atoms with Gasteiger partial charge in [-0.15, -0.1) is 0 Å². The van der Waals surface area contributed by atoms with Crippen LogP contribution in [-0.2, 0) is 0 Å². The molecular formula is C18H26N2O. The van der Waals surface area contributed by atoms with Crippen LogP contribution in [0.15, 0.2) is 24.3 Å². The summed E-state index contributed by atoms with van der Waals surface area (Å²) in [7, 11) is 0. The van der Waals surface area contributed by atoms with E-state index in [1.54, 1.807) is 0 Å². The van der Waals surface area contributed by atoms with Crippen LogP contribution in [0.5, 0.6) is 0 Å². The monoisotopic (exact) mass is 286 g/mol. The Kier molecular flexibility index (Phi) is 4.71. The van der Waals surface area contributed by atoms with Gasteiger partial charge in [-0.2, -0.15) is 0 Å². The predicted octanol–water partition coefficient (Wildman–Crippen LogP) is 4.13. The summed E-state index contributed by atoms with van der Waals surface area (Å²) in [5, 5.41) is 4.12. The van der Waals surface area contributed by atoms with Gasteiger partial charge in [0.2, 0.25) is 0 Å². The lowest BCUT2D eigenvalue weighted by Gasteiger charge is -2.25. The molecule has 0 fully saturated rings. The fourth-order valence-electron chi connectivity index (χ4n) is 3.11. The number of nitrogens with one attached hydrogen (secondary N) is 2. The number of aryl methyl sites for hydroxylation is 1. The van der Waals surface area contributed by atoms with Gasteiger partial charge in [0.25, 0.3) is 5.91 Å². The second-order valence-electron chi connectivity index (χ2n) is 6.53. The number of amides is 1. The van der Waals surface area contributed by atoms with E-state index in [1.165, 1.54) is 0 Å². The molecule has 0 atom stereocenters. The molecule has 0 aliphatic rings. The zero-order valence-electron chi connectivity index (χ0n) is 13.7. The second-order valence-corrected chi connectivity index (χ2v) is 6.53. The molecule has 21 heavy (non-hydrogen) atoms. The van der Waals surface area contributed by atoms with E-state index in [-0.39, 0.29) is 5.91 Å². The summed E-state index contributed by atoms with van der Waals surface area (Å²) in [5.41, 5.74) is 2.72. The van der Waals surface area contributed by atoms with Crippen LogP contribution in [0.3, 0.4) is 0 Å². The number of H-pyrrole nitrogens is 1. The average Bonchev–Trinajstić information content (AvgIpc) is 2.73. The van der Waals surface area contributed by atoms with Gasteiger partial charge in [0, 0.05) is 23.1 Å². The molecule has 1 aromatic heterocycles. The maximum absolute atomic E-state index is 12.6. The molecule has 0 radical (unpaired) electrons. The molecule has 0 unspecified atom stereocenters. The molecule has 0 bridgehead atoms. The van der Waals surface area contributed by atoms with E-state index in [0.29, 0.717) is 17.8 Å². The maximum Gasteiger partial charge on any atom is 0.253 e. The van der Waals surface area contributed by atoms with Crippen molar-refractivity contribution < 1.29 is 4.79 Å². The summed E-state index contributed by atoms with van der Waals surface area (Å²) >= 11 is 0. The number of carbonyl (C=O) groups is 1. The smallest absolute Gasteiger partial charge is 0.253 e. The Morgan fingerprint density at radius 3 is 2.38 bits per heavy atom. The number of para-hydroxylation sites is 1. The lowest BCUT2D eigenvalue weighted by atomic mass is 9.85. The first-order chi connectivity index (χ1) is 9.91. The molecule has 114 valence electrons. The minimum atomic E-state index is 0.0243. The summed E-state index contributed by atoms with van der Waals surface area (Å²) in [5.74, 6) is 1.65. The first-order valence-corrected chi connectivity index (χ1v) is 7.77. The largest absolute Gasteiger partial charge is 0.358 e. The van der Waals surface area contributed by atoms with E-state index in [9.17, 15) is 4.79 Å². The highest BCUT2D eigenvalue weighted by Crippen LogP contribution is 2.23. The van der Waals surface area contributed by atoms with Crippen molar-refractivity contribution in [1.29, 1.82) is 0 Å². The van der Waals surface area contributed by atoms with Gasteiger partial charge in [-0.3, -0.25) is 4.79 Å². The minimum absolute atomic E-state index is 0.0243. The molecule has 0 saturated carbocycles. The van der Waals surface area contributed by atoms with Gasteiger partial charge >= 0.3 is 0 Å². The highest BCUT2D eigenvalue weighted by molar-refractivity contribution is 6.08. The van der Waals surface area contributed by atoms with Crippen LogP contribution < -0.4 is 5.32 Å². The van der Waals surface area contributed by atoms with E-state index in [0.717, 1.165) is 28.7 Å². The van der Waals surface area contributed by atoms with Crippen LogP contribution in [0.2, 0.25) is 0 Å². The van der Waals surface area contributed by atoms with Crippen LogP contribution in [0.25, 0.3) is 10.9 Å². The summed E-state index contributed by atoms with van der Waals surface area (Å²) in [6.45, 7) is 11.5. The quantitative estimate of drug-likeness (QED) is 0.852. The molecule has 0 aliphatic carbocycles. The number of fused-ring (bicyclic) bond motifs is 1. The van der Waals surface area contributed by atoms with Gasteiger partial charge in [-0.25, -0.2) is 0 Å². The van der Waals surface area contributed by atoms with Crippen LogP contribution in [0.4, 0.5) is 0 Å². The van der Waals surface area contributed by atoms with Crippen molar-refractivity contribution in [3.8, 4) is 0 Å². The molecule has 1 heterocycles. The molecule has 0 spiro atoms. The SMILES string of the molecule is Cc1[nH]c2ccccc2c1C(=O)NCC(C(C)C)C(C)C. The lowest BCUT2D eigenvalue weighted by Crippen LogP contribution is -2.34. The van der Waals surface area contributed by atoms with Crippen molar-refractivity contribution in [2.24, 2.45) is 17.8 Å². The van der Waals surface area contributed by atoms with Gasteiger partial charge in [0.15, 0.2) is 0 Å². The molecule has 0 saturated heterocycles. The van der Waals surface area contributed by atoms with E-state index >= 15 is 0 Å². The molecular weight excluding hydrogens is 260 g/mol. The molecule has 1 aromatic carbocycles. The Labute approximate surface area is 127 Å². The number of hydrogen-bond donors (Lipinski definition) is 2. The van der Waals surface area contributed by atoms with E-state index in [1.807, 2.05) is 31.2 Å². The molecule has 1 amide bonds. The summed E-state index contributed by atoms with van der Waals surface area (Å²) in [6, 6.07) is 7.95. The summed E-state index contributed by atoms with van der Waals surface area (Å²) in [6.07, 6.45) is 0. The van der Waals surface area contributed by atoms with Crippen molar-refractivity contribution in [2.75, 3.05) is 6.54 Å². The Morgan fingerprint density at radius 2 is 1.76 bits per heavy atom. The molecule has 0 aliphatic heterocycles. The van der Waals surface area contributed by atoms with Crippen molar-refractivity contribution in [2.45, 2.75) is 34.6 Å². The number of aromatic nitrogens is 1. The van der Waals surface area contributed by atoms with Gasteiger partial charge in [0.1, 0.15) is 0 Å². The predicted molar refractivity (Wildman–Crippen MR) is 88.5 cm³/mol. The maximum atomic E-state index is 12.6. The minimum Gasteiger partial charge on any atom is -0.358 e. The molecule has 2 rings (SSSR count). The number of carbonyl (C=O) groups excluding carboxylic acids is 1. The number of aromatic amines is 1. The standard InChI is InChI=1S/C18H26N2O/c1-11(2)15(12(3)4)10-19-18(21)17-13(5)20-16-9-7-6-8-14(16)17/h6-9,11-12,15,20H,10H2,1-5H3,(H,19,21). The fraction of sp³-hybridized carbons (Fsp3) is 0.500. The Balaban J connectivity index is 2.18. The van der Waals surface area contributed by atoms with Crippen molar-refractivity contribution in [1.82, 2.24) is 10.3 Å². The molecule has 2 aromatic rings. The van der Waals surface area contributed by atoms with Crippen LogP contribution in [-0.4, -0.2) is 17.4 Å². The summed E-state index contributed by atoms with van der Waals surface area (Å²) < 4.78 is 0. The normalized spacial score (nSPS) is 11.8. The topological polar surface area (TPSA) is 44.9 Å². The van der Waals surface area contributed by atoms with Gasteiger partial charge in [-0.1, -0.05) is 45.9 Å². The number of hydrogen-bond acceptors (Lipinski definition) is 1. The Morgan fingerprint density at radius 1 is 1.14 bits per heavy atom. The second kappa shape index (κ2) is 6.33. The summed E-state index contributed by atoms with van der Waals surface area (Å²) in [4.78, 5) is 15.8. The first kappa shape index (κ1) is 15.6. The molecule has 2 N–H and O–H groups in total. The first-order valence-electron chi connectivity index (χ1n) is 7.77. The third kappa shape index (κ3) is 3.29. The van der Waals surface area contributed by atoms with E-state index in [4.69, 9.17) is 0 Å². The van der Waals surface area contributed by atoms with Gasteiger partial charge in [0.05, 0.1) is 5.56 Å². The van der Waals surface area contributed by atoms with Crippen molar-refractivity contribution in [3.63, 3.8) is 0 Å². The number of benzene rings is 1. The molecule has 3 nitrogen and oxygen atoms in total. The van der Waals surface area contributed by atoms with E-state index < -0.39 is 0 Å². The zero-order chi connectivity index (χ0) is 15.6. The third-order valence-electron chi connectivity index (χ3n) is 4.33. The highest BCUT2D eigenvalue weighted by atomic mass is 16.1. The van der Waals surface area contributed by atoms with Crippen LogP contribution in [0.1, 0.15) is 43.7 Å². The van der Waals surface area contributed by atoms with E-state index in [2.05, 4.69) is 38.0 Å². The van der Waals surface area contributed by atoms with Gasteiger partial charge in [-0.05, 0) is 30.7 Å². The van der Waals surface area contributed by atoms with Gasteiger partial charge < -0.3 is 10.3 Å². The van der Waals surface area contributed by atoms with Crippen LogP contribution in [0, 0.1) is 24.7 Å². The zero-order valence-corrected chi connectivity index (χ0v) is 13.7. The molecule has 3 heteroatoms. The third-order valence-corrected chi connectivity index (χ3v) is 4.33. The fourth-order valence-corrected chi connectivity index (χ4v) is 3.11. The van der Waals surface area contributed by atoms with Crippen molar-refractivity contribution in [3.05, 3.63) is 35.5 Å². The Hall–Kier alpha value is -1.77. The highest BCUT2D eigenvalue weighted by Gasteiger charge is 2.20. The Bertz CT molecular complexity index is 617.